The monoisotopic (exact) mass is 1330 g/mol. The lowest BCUT2D eigenvalue weighted by molar-refractivity contribution is -0.148. The molecule has 3 heterocycles. The molecule has 0 unspecified atom stereocenters. The molecule has 26 nitrogen and oxygen atoms in total. The van der Waals surface area contributed by atoms with Crippen LogP contribution in [0.4, 0.5) is 15.3 Å². The number of likely N-dealkylation sites (N-methyl/N-ethyl adjacent to an activating group) is 1. The second-order valence-corrected chi connectivity index (χ2v) is 26.5. The SMILES string of the molecule is CC[C@H](C)[C@@H]([C@@H](CC(=O)N1CCC[C@H]1[C@H](OC)[C@@H](C)C(=O)N[C@H](CO)Cc1ccccc1)OC)N(C)C(=O)[C@@H](NC(=O)[C@@H]1[C@H]2CC[C@H](C2)N1C(=O)OCc1ccc(NC(=O)[C@H](CCCNC(N)=O)NC(=O)[C@@H](NC(=O)CCCCCN2C(=O)C=CC2=O)C(C)C)cc1)C(C)C. The van der Waals surface area contributed by atoms with Crippen LogP contribution in [0.3, 0.4) is 0 Å². The summed E-state index contributed by atoms with van der Waals surface area (Å²) in [7, 11) is 4.70. The van der Waals surface area contributed by atoms with E-state index in [0.29, 0.717) is 82.0 Å². The Bertz CT molecular complexity index is 2970. The number of carbonyl (C=O) groups is 11. The molecular weight excluding hydrogens is 1220 g/mol. The Hall–Kier alpha value is -7.97. The molecule has 95 heavy (non-hydrogen) atoms. The van der Waals surface area contributed by atoms with Crippen molar-refractivity contribution in [3.8, 4) is 0 Å². The topological polar surface area (TPSA) is 347 Å². The van der Waals surface area contributed by atoms with Crippen molar-refractivity contribution in [3.63, 3.8) is 0 Å². The standard InChI is InChI=1S/C69H103N11O15/c1-11-43(6)60(53(93-9)38-57(85)78-35-19-23-52(78)62(94-10)44(7)63(86)73-49(39-81)36-45-20-14-12-15-21-45)77(8)67(90)59(42(4)5)76-66(89)61-47-27-30-50(37-47)80(61)69(92)95-40-46-25-28-48(29-26-46)72-64(87)51(22-18-33-71-68(70)91)74-65(88)58(41(2)3)75-54(82)24-16-13-17-34-79-55(83)31-32-56(79)84/h12,14-15,20-21,25-26,28-29,31-32,41-44,47,49-53,58-62,81H,11,13,16-19,22-24,27,30,33-40H2,1-10H3,(H,72,87)(H,73,86)(H,74,88)(H,75,82)(H,76,89)(H3,70,71,91)/t43-,44+,47-,49-,50+,51-,52-,53+,58-,59-,60-,61-,62+/m0/s1. The summed E-state index contributed by atoms with van der Waals surface area (Å²) in [6.07, 6.45) is 6.54. The van der Waals surface area contributed by atoms with Gasteiger partial charge in [0.05, 0.1) is 49.3 Å². The number of nitrogens with zero attached hydrogens (tertiary/aromatic N) is 4. The number of aliphatic hydroxyl groups excluding tert-OH is 1. The fourth-order valence-corrected chi connectivity index (χ4v) is 13.6. The average molecular weight is 1330 g/mol. The summed E-state index contributed by atoms with van der Waals surface area (Å²) in [6.45, 7) is 13.3. The highest BCUT2D eigenvalue weighted by Gasteiger charge is 2.53. The smallest absolute Gasteiger partial charge is 0.411 e. The first-order chi connectivity index (χ1) is 45.3. The predicted molar refractivity (Wildman–Crippen MR) is 354 cm³/mol. The van der Waals surface area contributed by atoms with Gasteiger partial charge in [0.15, 0.2) is 0 Å². The van der Waals surface area contributed by atoms with Crippen LogP contribution in [0.2, 0.25) is 0 Å². The van der Waals surface area contributed by atoms with E-state index in [1.165, 1.54) is 31.3 Å². The van der Waals surface area contributed by atoms with Crippen molar-refractivity contribution in [2.75, 3.05) is 52.8 Å². The molecule has 3 fully saturated rings. The summed E-state index contributed by atoms with van der Waals surface area (Å²) in [5.74, 6) is -5.44. The van der Waals surface area contributed by atoms with Gasteiger partial charge in [0, 0.05) is 71.2 Å². The van der Waals surface area contributed by atoms with Gasteiger partial charge in [-0.05, 0) is 111 Å². The Morgan fingerprint density at radius 2 is 1.44 bits per heavy atom. The van der Waals surface area contributed by atoms with Crippen LogP contribution in [-0.2, 0) is 70.4 Å². The van der Waals surface area contributed by atoms with Crippen molar-refractivity contribution in [2.24, 2.45) is 35.3 Å². The number of piperidine rings is 1. The molecular formula is C69H103N11O15. The second-order valence-electron chi connectivity index (χ2n) is 26.5. The molecule has 2 saturated heterocycles. The first kappa shape index (κ1) is 76.1. The van der Waals surface area contributed by atoms with E-state index in [4.69, 9.17) is 19.9 Å². The van der Waals surface area contributed by atoms with Crippen LogP contribution >= 0.6 is 0 Å². The number of amides is 12. The van der Waals surface area contributed by atoms with Crippen molar-refractivity contribution in [2.45, 2.75) is 206 Å². The van der Waals surface area contributed by atoms with Crippen LogP contribution in [0.5, 0.6) is 0 Å². The summed E-state index contributed by atoms with van der Waals surface area (Å²) in [6, 6.07) is 9.48. The van der Waals surface area contributed by atoms with Crippen molar-refractivity contribution in [1.82, 2.24) is 46.2 Å². The van der Waals surface area contributed by atoms with Crippen LogP contribution in [0.25, 0.3) is 0 Å². The number of rotatable bonds is 37. The van der Waals surface area contributed by atoms with Crippen LogP contribution < -0.4 is 37.6 Å². The van der Waals surface area contributed by atoms with Crippen molar-refractivity contribution < 1.29 is 72.1 Å². The number of hydrogen-bond donors (Lipinski definition) is 8. The number of urea groups is 1. The number of hydrogen-bond acceptors (Lipinski definition) is 15. The minimum Gasteiger partial charge on any atom is -0.445 e. The Kier molecular flexibility index (Phi) is 29.5. The number of anilines is 1. The number of nitrogens with one attached hydrogen (secondary N) is 6. The Balaban J connectivity index is 1.04. The van der Waals surface area contributed by atoms with Crippen LogP contribution in [0, 0.1) is 29.6 Å². The summed E-state index contributed by atoms with van der Waals surface area (Å²) in [4.78, 5) is 154. The van der Waals surface area contributed by atoms with Gasteiger partial charge in [0.2, 0.25) is 41.4 Å². The van der Waals surface area contributed by atoms with Crippen LogP contribution in [0.1, 0.15) is 143 Å². The molecule has 1 saturated carbocycles. The third-order valence-electron chi connectivity index (χ3n) is 19.1. The first-order valence-electron chi connectivity index (χ1n) is 33.7. The van der Waals surface area contributed by atoms with Gasteiger partial charge >= 0.3 is 12.1 Å². The number of benzene rings is 2. The van der Waals surface area contributed by atoms with Gasteiger partial charge in [-0.25, -0.2) is 9.59 Å². The highest BCUT2D eigenvalue weighted by Crippen LogP contribution is 2.43. The fourth-order valence-electron chi connectivity index (χ4n) is 13.6. The number of primary amides is 1. The van der Waals surface area contributed by atoms with Gasteiger partial charge in [-0.3, -0.25) is 53.0 Å². The number of carbonyl (C=O) groups excluding carboxylic acids is 11. The fraction of sp³-hybridized carbons (Fsp3) is 0.638. The lowest BCUT2D eigenvalue weighted by atomic mass is 9.89. The highest BCUT2D eigenvalue weighted by atomic mass is 16.6. The highest BCUT2D eigenvalue weighted by molar-refractivity contribution is 6.12. The Labute approximate surface area is 558 Å². The summed E-state index contributed by atoms with van der Waals surface area (Å²) < 4.78 is 18.0. The number of imide groups is 1. The zero-order valence-electron chi connectivity index (χ0n) is 57.0. The zero-order valence-corrected chi connectivity index (χ0v) is 57.0. The van der Waals surface area contributed by atoms with Gasteiger partial charge in [-0.15, -0.1) is 0 Å². The van der Waals surface area contributed by atoms with Gasteiger partial charge in [-0.1, -0.05) is 104 Å². The molecule has 13 atom stereocenters. The quantitative estimate of drug-likeness (QED) is 0.0342. The summed E-state index contributed by atoms with van der Waals surface area (Å²) in [5, 5.41) is 27.0. The van der Waals surface area contributed by atoms with E-state index in [0.717, 1.165) is 10.5 Å². The van der Waals surface area contributed by atoms with E-state index in [2.05, 4.69) is 31.9 Å². The molecule has 1 aliphatic carbocycles. The van der Waals surface area contributed by atoms with Crippen molar-refractivity contribution >= 4 is 71.0 Å². The van der Waals surface area contributed by atoms with Crippen LogP contribution in [0.15, 0.2) is 66.7 Å². The molecule has 12 amide bonds. The van der Waals surface area contributed by atoms with Gasteiger partial charge in [0.1, 0.15) is 30.8 Å². The Morgan fingerprint density at radius 1 is 0.758 bits per heavy atom. The molecule has 2 aromatic carbocycles. The molecule has 9 N–H and O–H groups in total. The molecule has 26 heteroatoms. The van der Waals surface area contributed by atoms with E-state index in [9.17, 15) is 57.8 Å². The summed E-state index contributed by atoms with van der Waals surface area (Å²) >= 11 is 0. The number of methoxy groups -OCH3 is 2. The molecule has 2 bridgehead atoms. The molecule has 3 aliphatic heterocycles. The number of ether oxygens (including phenoxy) is 3. The number of unbranched alkanes of at least 4 members (excludes halogenated alkanes) is 2. The van der Waals surface area contributed by atoms with E-state index < -0.39 is 96.2 Å². The van der Waals surface area contributed by atoms with Gasteiger partial charge < -0.3 is 66.8 Å². The normalized spacial score (nSPS) is 20.3. The molecule has 6 rings (SSSR count). The van der Waals surface area contributed by atoms with Crippen molar-refractivity contribution in [3.05, 3.63) is 77.9 Å². The maximum atomic E-state index is 14.9. The van der Waals surface area contributed by atoms with E-state index in [-0.39, 0.29) is 111 Å². The third kappa shape index (κ3) is 21.0. The molecule has 0 spiro atoms. The first-order valence-corrected chi connectivity index (χ1v) is 33.7. The second kappa shape index (κ2) is 36.8. The van der Waals surface area contributed by atoms with E-state index in [1.54, 1.807) is 61.9 Å². The number of fused-ring (bicyclic) bond motifs is 2. The molecule has 4 aliphatic rings. The predicted octanol–water partition coefficient (Wildman–Crippen LogP) is 4.46. The number of nitrogens with two attached hydrogens (primary N) is 1. The van der Waals surface area contributed by atoms with Gasteiger partial charge in [-0.2, -0.15) is 0 Å². The molecule has 2 aromatic rings. The molecule has 524 valence electrons. The van der Waals surface area contributed by atoms with E-state index in [1.807, 2.05) is 58.0 Å². The maximum absolute atomic E-state index is 14.9. The molecule has 0 aromatic heterocycles. The zero-order chi connectivity index (χ0) is 69.6. The van der Waals surface area contributed by atoms with Crippen molar-refractivity contribution in [1.29, 1.82) is 0 Å². The van der Waals surface area contributed by atoms with Crippen LogP contribution in [-0.4, -0.2) is 198 Å². The lowest BCUT2D eigenvalue weighted by Gasteiger charge is -2.41. The molecule has 0 radical (unpaired) electrons. The largest absolute Gasteiger partial charge is 0.445 e. The third-order valence-corrected chi connectivity index (χ3v) is 19.1. The van der Waals surface area contributed by atoms with Gasteiger partial charge in [0.25, 0.3) is 11.8 Å². The average Bonchev–Trinajstić information content (AvgIpc) is 1.50. The minimum absolute atomic E-state index is 0.0753. The number of likely N-dealkylation sites (tertiary alicyclic amines) is 2. The maximum Gasteiger partial charge on any atom is 0.411 e. The van der Waals surface area contributed by atoms with E-state index >= 15 is 0 Å². The lowest BCUT2D eigenvalue weighted by Crippen LogP contribution is -2.60. The minimum atomic E-state index is -1.10. The summed E-state index contributed by atoms with van der Waals surface area (Å²) in [5.41, 5.74) is 7.14. The Morgan fingerprint density at radius 3 is 2.06 bits per heavy atom. The number of aliphatic hydroxyl groups is 1.